The Morgan fingerprint density at radius 2 is 2.21 bits per heavy atom. The standard InChI is InChI=1S/C13H19BrN2O2.C6H7N3O/c1-15-12-7-10(14)3-4-13(12)18-9-11-8-16(2)5-6-17-11;1-5-2-8-6(3-7-5)9-4-10/h3-4,7,11,15H,5-6,8-9H2,1-2H3;2-4H,1H3,(H,8,9,10)/t11-;/m0./s1. The molecule has 1 fully saturated rings. The van der Waals surface area contributed by atoms with Crippen LogP contribution >= 0.6 is 15.9 Å². The van der Waals surface area contributed by atoms with E-state index in [0.29, 0.717) is 18.8 Å². The van der Waals surface area contributed by atoms with Crippen molar-refractivity contribution in [3.63, 3.8) is 0 Å². The van der Waals surface area contributed by atoms with E-state index in [1.165, 1.54) is 6.20 Å². The van der Waals surface area contributed by atoms with E-state index in [1.54, 1.807) is 6.20 Å². The second-order valence-corrected chi connectivity index (χ2v) is 7.18. The summed E-state index contributed by atoms with van der Waals surface area (Å²) in [5.41, 5.74) is 1.81. The second kappa shape index (κ2) is 11.6. The number of morpholine rings is 1. The van der Waals surface area contributed by atoms with Gasteiger partial charge in [-0.2, -0.15) is 0 Å². The van der Waals surface area contributed by atoms with Crippen LogP contribution in [-0.4, -0.2) is 67.8 Å². The Kier molecular flexibility index (Phi) is 9.12. The third kappa shape index (κ3) is 7.41. The summed E-state index contributed by atoms with van der Waals surface area (Å²) in [5.74, 6) is 1.33. The molecule has 0 aliphatic carbocycles. The highest BCUT2D eigenvalue weighted by atomic mass is 79.9. The first-order valence-electron chi connectivity index (χ1n) is 8.91. The maximum Gasteiger partial charge on any atom is 0.212 e. The largest absolute Gasteiger partial charge is 0.489 e. The van der Waals surface area contributed by atoms with Gasteiger partial charge in [0.2, 0.25) is 6.41 Å². The van der Waals surface area contributed by atoms with Gasteiger partial charge in [0, 0.05) is 24.6 Å². The molecule has 1 aliphatic heterocycles. The van der Waals surface area contributed by atoms with E-state index < -0.39 is 0 Å². The van der Waals surface area contributed by atoms with Gasteiger partial charge in [0.1, 0.15) is 18.5 Å². The minimum absolute atomic E-state index is 0.150. The molecule has 1 amide bonds. The quantitative estimate of drug-likeness (QED) is 0.652. The summed E-state index contributed by atoms with van der Waals surface area (Å²) >= 11 is 3.45. The molecule has 1 aromatic heterocycles. The van der Waals surface area contributed by atoms with Gasteiger partial charge in [0.05, 0.1) is 30.4 Å². The molecule has 28 heavy (non-hydrogen) atoms. The maximum atomic E-state index is 9.88. The second-order valence-electron chi connectivity index (χ2n) is 6.26. The molecular formula is C19H26BrN5O3. The molecule has 1 saturated heterocycles. The molecule has 2 heterocycles. The predicted octanol–water partition coefficient (Wildman–Crippen LogP) is 2.55. The van der Waals surface area contributed by atoms with Gasteiger partial charge in [-0.3, -0.25) is 9.78 Å². The summed E-state index contributed by atoms with van der Waals surface area (Å²) in [6.45, 7) is 5.12. The zero-order chi connectivity index (χ0) is 20.4. The number of carbonyl (C=O) groups is 1. The minimum Gasteiger partial charge on any atom is -0.489 e. The summed E-state index contributed by atoms with van der Waals surface area (Å²) in [5, 5.41) is 5.51. The lowest BCUT2D eigenvalue weighted by atomic mass is 10.3. The molecule has 0 saturated carbocycles. The van der Waals surface area contributed by atoms with Gasteiger partial charge in [0.25, 0.3) is 0 Å². The zero-order valence-corrected chi connectivity index (χ0v) is 17.9. The van der Waals surface area contributed by atoms with Crippen molar-refractivity contribution in [2.45, 2.75) is 13.0 Å². The van der Waals surface area contributed by atoms with Crippen molar-refractivity contribution in [3.8, 4) is 5.75 Å². The lowest BCUT2D eigenvalue weighted by Crippen LogP contribution is -2.42. The predicted molar refractivity (Wildman–Crippen MR) is 113 cm³/mol. The lowest BCUT2D eigenvalue weighted by Gasteiger charge is -2.30. The van der Waals surface area contributed by atoms with Crippen LogP contribution in [0.15, 0.2) is 35.1 Å². The average molecular weight is 452 g/mol. The molecule has 1 atom stereocenters. The van der Waals surface area contributed by atoms with Crippen molar-refractivity contribution in [2.75, 3.05) is 51.0 Å². The normalized spacial score (nSPS) is 16.5. The smallest absolute Gasteiger partial charge is 0.212 e. The molecule has 8 nitrogen and oxygen atoms in total. The van der Waals surface area contributed by atoms with Gasteiger partial charge in [0.15, 0.2) is 5.82 Å². The van der Waals surface area contributed by atoms with Crippen LogP contribution in [0.5, 0.6) is 5.75 Å². The molecule has 152 valence electrons. The maximum absolute atomic E-state index is 9.88. The van der Waals surface area contributed by atoms with E-state index in [9.17, 15) is 4.79 Å². The van der Waals surface area contributed by atoms with Crippen LogP contribution in [0.2, 0.25) is 0 Å². The number of likely N-dealkylation sites (N-methyl/N-ethyl adjacent to an activating group) is 1. The number of amides is 1. The SMILES string of the molecule is CNc1cc(Br)ccc1OC[C@@H]1CN(C)CCO1.Cc1cnc(NC=O)cn1. The highest BCUT2D eigenvalue weighted by Gasteiger charge is 2.18. The highest BCUT2D eigenvalue weighted by molar-refractivity contribution is 9.10. The van der Waals surface area contributed by atoms with Crippen LogP contribution in [0.25, 0.3) is 0 Å². The number of rotatable bonds is 6. The molecule has 1 aromatic carbocycles. The topological polar surface area (TPSA) is 88.6 Å². The van der Waals surface area contributed by atoms with Gasteiger partial charge in [-0.1, -0.05) is 15.9 Å². The Hall–Kier alpha value is -2.23. The number of halogens is 1. The minimum atomic E-state index is 0.150. The molecule has 2 aromatic rings. The first kappa shape index (κ1) is 22.1. The molecule has 1 aliphatic rings. The molecule has 9 heteroatoms. The van der Waals surface area contributed by atoms with Crippen LogP contribution in [0, 0.1) is 6.92 Å². The van der Waals surface area contributed by atoms with Gasteiger partial charge >= 0.3 is 0 Å². The fourth-order valence-electron chi connectivity index (χ4n) is 2.50. The summed E-state index contributed by atoms with van der Waals surface area (Å²) in [6, 6.07) is 5.94. The van der Waals surface area contributed by atoms with E-state index in [2.05, 4.69) is 48.5 Å². The van der Waals surface area contributed by atoms with Crippen molar-refractivity contribution in [1.82, 2.24) is 14.9 Å². The van der Waals surface area contributed by atoms with E-state index in [4.69, 9.17) is 9.47 Å². The molecule has 0 radical (unpaired) electrons. The number of hydrogen-bond donors (Lipinski definition) is 2. The summed E-state index contributed by atoms with van der Waals surface area (Å²) < 4.78 is 12.5. The molecular weight excluding hydrogens is 426 g/mol. The average Bonchev–Trinajstić information content (AvgIpc) is 2.69. The fourth-order valence-corrected chi connectivity index (χ4v) is 2.86. The number of hydrogen-bond acceptors (Lipinski definition) is 7. The van der Waals surface area contributed by atoms with Crippen LogP contribution in [-0.2, 0) is 9.53 Å². The van der Waals surface area contributed by atoms with Crippen LogP contribution < -0.4 is 15.4 Å². The number of aryl methyl sites for hydroxylation is 1. The Morgan fingerprint density at radius 3 is 2.86 bits per heavy atom. The Bertz CT molecular complexity index is 745. The van der Waals surface area contributed by atoms with E-state index in [0.717, 1.165) is 41.3 Å². The van der Waals surface area contributed by atoms with Crippen LogP contribution in [0.4, 0.5) is 11.5 Å². The lowest BCUT2D eigenvalue weighted by molar-refractivity contribution is -0.105. The Balaban J connectivity index is 0.000000237. The van der Waals surface area contributed by atoms with Crippen molar-refractivity contribution < 1.29 is 14.3 Å². The van der Waals surface area contributed by atoms with Crippen molar-refractivity contribution in [1.29, 1.82) is 0 Å². The molecule has 2 N–H and O–H groups in total. The van der Waals surface area contributed by atoms with Crippen LogP contribution in [0.1, 0.15) is 5.69 Å². The van der Waals surface area contributed by atoms with Gasteiger partial charge in [-0.15, -0.1) is 0 Å². The third-order valence-electron chi connectivity index (χ3n) is 3.97. The molecule has 3 rings (SSSR count). The van der Waals surface area contributed by atoms with Crippen molar-refractivity contribution >= 4 is 33.8 Å². The first-order chi connectivity index (χ1) is 13.5. The highest BCUT2D eigenvalue weighted by Crippen LogP contribution is 2.28. The number of nitrogens with zero attached hydrogens (tertiary/aromatic N) is 3. The molecule has 0 bridgehead atoms. The number of aromatic nitrogens is 2. The van der Waals surface area contributed by atoms with E-state index in [1.807, 2.05) is 32.2 Å². The number of benzene rings is 1. The van der Waals surface area contributed by atoms with E-state index >= 15 is 0 Å². The molecule has 0 unspecified atom stereocenters. The Morgan fingerprint density at radius 1 is 1.39 bits per heavy atom. The van der Waals surface area contributed by atoms with Crippen molar-refractivity contribution in [3.05, 3.63) is 40.8 Å². The number of ether oxygens (including phenoxy) is 2. The van der Waals surface area contributed by atoms with Crippen LogP contribution in [0.3, 0.4) is 0 Å². The monoisotopic (exact) mass is 451 g/mol. The third-order valence-corrected chi connectivity index (χ3v) is 4.46. The molecule has 0 spiro atoms. The van der Waals surface area contributed by atoms with Crippen molar-refractivity contribution in [2.24, 2.45) is 0 Å². The fraction of sp³-hybridized carbons (Fsp3) is 0.421. The summed E-state index contributed by atoms with van der Waals surface area (Å²) in [4.78, 5) is 19.9. The van der Waals surface area contributed by atoms with Gasteiger partial charge in [-0.25, -0.2) is 4.98 Å². The first-order valence-corrected chi connectivity index (χ1v) is 9.70. The number of nitrogens with one attached hydrogen (secondary N) is 2. The van der Waals surface area contributed by atoms with E-state index in [-0.39, 0.29) is 6.10 Å². The van der Waals surface area contributed by atoms with Gasteiger partial charge < -0.3 is 25.0 Å². The van der Waals surface area contributed by atoms with Gasteiger partial charge in [-0.05, 0) is 32.2 Å². The summed E-state index contributed by atoms with van der Waals surface area (Å²) in [7, 11) is 3.99. The number of anilines is 2. The zero-order valence-electron chi connectivity index (χ0n) is 16.3. The Labute approximate surface area is 173 Å². The summed E-state index contributed by atoms with van der Waals surface area (Å²) in [6.07, 6.45) is 3.81. The number of carbonyl (C=O) groups excluding carboxylic acids is 1.